The number of hydrogen-bond donors (Lipinski definition) is 0. The third kappa shape index (κ3) is 2.83. The van der Waals surface area contributed by atoms with Crippen molar-refractivity contribution < 1.29 is 4.74 Å². The molecule has 0 bridgehead atoms. The van der Waals surface area contributed by atoms with Crippen molar-refractivity contribution in [2.75, 3.05) is 20.2 Å². The molecule has 1 fully saturated rings. The van der Waals surface area contributed by atoms with E-state index in [-0.39, 0.29) is 0 Å². The molecule has 2 nitrogen and oxygen atoms in total. The van der Waals surface area contributed by atoms with Crippen molar-refractivity contribution in [2.45, 2.75) is 57.9 Å². The lowest BCUT2D eigenvalue weighted by molar-refractivity contribution is 0.0795. The fraction of sp³-hybridized carbons (Fsp3) is 0.684. The summed E-state index contributed by atoms with van der Waals surface area (Å²) in [5.74, 6) is 2.62. The molecule has 0 saturated carbocycles. The molecule has 3 rings (SSSR count). The Morgan fingerprint density at radius 3 is 2.95 bits per heavy atom. The lowest BCUT2D eigenvalue weighted by Crippen LogP contribution is -2.49. The largest absolute Gasteiger partial charge is 0.496 e. The summed E-state index contributed by atoms with van der Waals surface area (Å²) in [7, 11) is 1.80. The molecule has 1 heterocycles. The topological polar surface area (TPSA) is 12.5 Å². The van der Waals surface area contributed by atoms with Gasteiger partial charge in [0.1, 0.15) is 5.75 Å². The van der Waals surface area contributed by atoms with Gasteiger partial charge < -0.3 is 4.74 Å². The van der Waals surface area contributed by atoms with Crippen LogP contribution < -0.4 is 4.74 Å². The van der Waals surface area contributed by atoms with Gasteiger partial charge in [0.2, 0.25) is 0 Å². The standard InChI is InChI=1S/C19H29NO/c1-4-5-11-20-13-14(2)12-17-15-7-6-8-19(21-3)16(15)9-10-18(17)20/h6-8,14,17-18H,4-5,9-13H2,1-3H3. The third-order valence-electron chi connectivity index (χ3n) is 5.41. The Hall–Kier alpha value is -1.02. The summed E-state index contributed by atoms with van der Waals surface area (Å²) in [6, 6.07) is 7.41. The molecule has 21 heavy (non-hydrogen) atoms. The van der Waals surface area contributed by atoms with Gasteiger partial charge in [-0.3, -0.25) is 4.90 Å². The molecule has 0 radical (unpaired) electrons. The number of fused-ring (bicyclic) bond motifs is 3. The van der Waals surface area contributed by atoms with E-state index in [0.717, 1.165) is 17.7 Å². The first-order valence-electron chi connectivity index (χ1n) is 8.64. The molecule has 116 valence electrons. The molecule has 3 unspecified atom stereocenters. The summed E-state index contributed by atoms with van der Waals surface area (Å²) in [6.07, 6.45) is 6.45. The highest BCUT2D eigenvalue weighted by molar-refractivity contribution is 5.45. The number of likely N-dealkylation sites (tertiary alicyclic amines) is 1. The first-order valence-corrected chi connectivity index (χ1v) is 8.64. The minimum Gasteiger partial charge on any atom is -0.496 e. The Bertz CT molecular complexity index is 484. The van der Waals surface area contributed by atoms with E-state index >= 15 is 0 Å². The van der Waals surface area contributed by atoms with E-state index < -0.39 is 0 Å². The van der Waals surface area contributed by atoms with E-state index in [1.54, 1.807) is 12.7 Å². The van der Waals surface area contributed by atoms with Gasteiger partial charge in [-0.15, -0.1) is 0 Å². The maximum absolute atomic E-state index is 5.60. The van der Waals surface area contributed by atoms with E-state index in [4.69, 9.17) is 4.74 Å². The fourth-order valence-electron chi connectivity index (χ4n) is 4.47. The minimum absolute atomic E-state index is 0.712. The van der Waals surface area contributed by atoms with Gasteiger partial charge >= 0.3 is 0 Å². The maximum atomic E-state index is 5.60. The number of hydrogen-bond acceptors (Lipinski definition) is 2. The highest BCUT2D eigenvalue weighted by Gasteiger charge is 2.38. The molecule has 2 aliphatic rings. The number of rotatable bonds is 4. The Morgan fingerprint density at radius 2 is 2.19 bits per heavy atom. The first-order chi connectivity index (χ1) is 10.2. The molecule has 1 aromatic rings. The molecule has 1 saturated heterocycles. The van der Waals surface area contributed by atoms with E-state index in [0.29, 0.717) is 5.92 Å². The summed E-state index contributed by atoms with van der Waals surface area (Å²) < 4.78 is 5.60. The van der Waals surface area contributed by atoms with Crippen LogP contribution in [-0.4, -0.2) is 31.1 Å². The van der Waals surface area contributed by atoms with Gasteiger partial charge in [-0.25, -0.2) is 0 Å². The van der Waals surface area contributed by atoms with Gasteiger partial charge in [0, 0.05) is 18.5 Å². The highest BCUT2D eigenvalue weighted by atomic mass is 16.5. The van der Waals surface area contributed by atoms with Gasteiger partial charge in [-0.2, -0.15) is 0 Å². The molecule has 1 aliphatic carbocycles. The lowest BCUT2D eigenvalue weighted by Gasteiger charge is -2.47. The zero-order valence-electron chi connectivity index (χ0n) is 13.8. The smallest absolute Gasteiger partial charge is 0.122 e. The predicted molar refractivity (Wildman–Crippen MR) is 88.1 cm³/mol. The van der Waals surface area contributed by atoms with Gasteiger partial charge in [-0.1, -0.05) is 32.4 Å². The van der Waals surface area contributed by atoms with Gasteiger partial charge in [0.05, 0.1) is 7.11 Å². The van der Waals surface area contributed by atoms with Crippen molar-refractivity contribution >= 4 is 0 Å². The van der Waals surface area contributed by atoms with Crippen molar-refractivity contribution in [1.82, 2.24) is 4.90 Å². The van der Waals surface area contributed by atoms with Crippen LogP contribution in [0.5, 0.6) is 5.75 Å². The third-order valence-corrected chi connectivity index (χ3v) is 5.41. The van der Waals surface area contributed by atoms with E-state index in [1.165, 1.54) is 50.8 Å². The Morgan fingerprint density at radius 1 is 1.33 bits per heavy atom. The van der Waals surface area contributed by atoms with Gasteiger partial charge in [0.25, 0.3) is 0 Å². The molecule has 0 N–H and O–H groups in total. The number of unbranched alkanes of at least 4 members (excludes halogenated alkanes) is 1. The van der Waals surface area contributed by atoms with E-state index in [9.17, 15) is 0 Å². The Labute approximate surface area is 129 Å². The monoisotopic (exact) mass is 287 g/mol. The second kappa shape index (κ2) is 6.39. The maximum Gasteiger partial charge on any atom is 0.122 e. The average Bonchev–Trinajstić information content (AvgIpc) is 2.51. The summed E-state index contributed by atoms with van der Waals surface area (Å²) in [6.45, 7) is 7.29. The number of ether oxygens (including phenoxy) is 1. The number of nitrogens with zero attached hydrogens (tertiary/aromatic N) is 1. The minimum atomic E-state index is 0.712. The van der Waals surface area contributed by atoms with Crippen LogP contribution >= 0.6 is 0 Å². The number of benzene rings is 1. The van der Waals surface area contributed by atoms with Crippen LogP contribution in [0.15, 0.2) is 18.2 Å². The average molecular weight is 287 g/mol. The Kier molecular flexibility index (Phi) is 4.54. The van der Waals surface area contributed by atoms with E-state index in [1.807, 2.05) is 0 Å². The highest BCUT2D eigenvalue weighted by Crippen LogP contribution is 2.44. The van der Waals surface area contributed by atoms with E-state index in [2.05, 4.69) is 36.9 Å². The van der Waals surface area contributed by atoms with Crippen LogP contribution in [0.3, 0.4) is 0 Å². The number of methoxy groups -OCH3 is 1. The Balaban J connectivity index is 1.89. The second-order valence-corrected chi connectivity index (χ2v) is 6.93. The second-order valence-electron chi connectivity index (χ2n) is 6.93. The summed E-state index contributed by atoms with van der Waals surface area (Å²) in [5, 5.41) is 0. The molecule has 1 aliphatic heterocycles. The van der Waals surface area contributed by atoms with Crippen molar-refractivity contribution in [3.63, 3.8) is 0 Å². The molecular formula is C19H29NO. The van der Waals surface area contributed by atoms with Crippen LogP contribution in [0.4, 0.5) is 0 Å². The molecule has 3 atom stereocenters. The molecule has 2 heteroatoms. The van der Waals surface area contributed by atoms with Crippen LogP contribution in [0.2, 0.25) is 0 Å². The van der Waals surface area contributed by atoms with Gasteiger partial charge in [-0.05, 0) is 55.3 Å². The van der Waals surface area contributed by atoms with Crippen LogP contribution in [0, 0.1) is 5.92 Å². The molecule has 0 amide bonds. The molecule has 1 aromatic carbocycles. The van der Waals surface area contributed by atoms with Crippen molar-refractivity contribution in [1.29, 1.82) is 0 Å². The summed E-state index contributed by atoms with van der Waals surface area (Å²) >= 11 is 0. The zero-order chi connectivity index (χ0) is 14.8. The van der Waals surface area contributed by atoms with Crippen molar-refractivity contribution in [3.05, 3.63) is 29.3 Å². The predicted octanol–water partition coefficient (Wildman–Crippen LogP) is 4.24. The van der Waals surface area contributed by atoms with Crippen molar-refractivity contribution in [2.24, 2.45) is 5.92 Å². The summed E-state index contributed by atoms with van der Waals surface area (Å²) in [5.41, 5.74) is 3.05. The molecule has 0 aromatic heterocycles. The summed E-state index contributed by atoms with van der Waals surface area (Å²) in [4.78, 5) is 2.78. The molecule has 0 spiro atoms. The zero-order valence-corrected chi connectivity index (χ0v) is 13.8. The first kappa shape index (κ1) is 14.9. The number of piperidine rings is 1. The quantitative estimate of drug-likeness (QED) is 0.821. The molecular weight excluding hydrogens is 258 g/mol. The van der Waals surface area contributed by atoms with Crippen LogP contribution in [0.1, 0.15) is 56.6 Å². The SMILES string of the molecule is CCCCN1CC(C)CC2c3cccc(OC)c3CCC21. The fourth-order valence-corrected chi connectivity index (χ4v) is 4.47. The van der Waals surface area contributed by atoms with Crippen LogP contribution in [0.25, 0.3) is 0 Å². The van der Waals surface area contributed by atoms with Gasteiger partial charge in [0.15, 0.2) is 0 Å². The lowest BCUT2D eigenvalue weighted by atomic mass is 9.71. The van der Waals surface area contributed by atoms with Crippen molar-refractivity contribution in [3.8, 4) is 5.75 Å². The normalized spacial score (nSPS) is 28.8. The van der Waals surface area contributed by atoms with Crippen LogP contribution in [-0.2, 0) is 6.42 Å².